The first-order valence-corrected chi connectivity index (χ1v) is 7.43. The van der Waals surface area contributed by atoms with Crippen LogP contribution in [0.25, 0.3) is 0 Å². The molecule has 1 aromatic rings. The van der Waals surface area contributed by atoms with Gasteiger partial charge in [0.05, 0.1) is 16.6 Å². The number of hydrogen-bond donors (Lipinski definition) is 1. The molecule has 1 heterocycles. The topological polar surface area (TPSA) is 52.7 Å². The summed E-state index contributed by atoms with van der Waals surface area (Å²) in [5.41, 5.74) is 0.417. The minimum atomic E-state index is -0.253. The van der Waals surface area contributed by atoms with Crippen LogP contribution in [0, 0.1) is 0 Å². The van der Waals surface area contributed by atoms with Gasteiger partial charge in [0.25, 0.3) is 5.91 Å². The van der Waals surface area contributed by atoms with Crippen molar-refractivity contribution in [3.8, 4) is 0 Å². The largest absolute Gasteiger partial charge is 0.339 e. The van der Waals surface area contributed by atoms with Crippen LogP contribution in [0.4, 0.5) is 0 Å². The minimum Gasteiger partial charge on any atom is -0.339 e. The van der Waals surface area contributed by atoms with Crippen LogP contribution in [0.2, 0.25) is 10.0 Å². The zero-order valence-corrected chi connectivity index (χ0v) is 13.2. The Hall–Kier alpha value is -1.30. The third kappa shape index (κ3) is 4.09. The van der Waals surface area contributed by atoms with E-state index in [4.69, 9.17) is 23.2 Å². The van der Waals surface area contributed by atoms with Gasteiger partial charge < -0.3 is 15.1 Å². The molecule has 0 saturated carbocycles. The SMILES string of the molecule is CN(CC(=O)N1CCNCC1)C(=O)c1ccc(Cl)c(Cl)c1. The van der Waals surface area contributed by atoms with E-state index < -0.39 is 0 Å². The average molecular weight is 330 g/mol. The molecule has 2 amide bonds. The van der Waals surface area contributed by atoms with Crippen molar-refractivity contribution in [2.75, 3.05) is 39.8 Å². The fourth-order valence-electron chi connectivity index (χ4n) is 2.14. The smallest absolute Gasteiger partial charge is 0.254 e. The molecule has 0 bridgehead atoms. The van der Waals surface area contributed by atoms with Crippen LogP contribution in [-0.2, 0) is 4.79 Å². The molecule has 1 aromatic carbocycles. The maximum Gasteiger partial charge on any atom is 0.254 e. The lowest BCUT2D eigenvalue weighted by Gasteiger charge is -2.29. The molecule has 1 N–H and O–H groups in total. The molecule has 5 nitrogen and oxygen atoms in total. The molecule has 0 radical (unpaired) electrons. The van der Waals surface area contributed by atoms with E-state index in [2.05, 4.69) is 5.32 Å². The molecule has 0 aromatic heterocycles. The van der Waals surface area contributed by atoms with E-state index in [0.717, 1.165) is 13.1 Å². The van der Waals surface area contributed by atoms with Crippen LogP contribution in [-0.4, -0.2) is 61.4 Å². The summed E-state index contributed by atoms with van der Waals surface area (Å²) in [7, 11) is 1.60. The maximum absolute atomic E-state index is 12.3. The lowest BCUT2D eigenvalue weighted by molar-refractivity contribution is -0.132. The van der Waals surface area contributed by atoms with Gasteiger partial charge in [-0.15, -0.1) is 0 Å². The number of rotatable bonds is 3. The van der Waals surface area contributed by atoms with Crippen LogP contribution < -0.4 is 5.32 Å². The van der Waals surface area contributed by atoms with Gasteiger partial charge in [0, 0.05) is 38.8 Å². The highest BCUT2D eigenvalue weighted by molar-refractivity contribution is 6.42. The summed E-state index contributed by atoms with van der Waals surface area (Å²) in [5.74, 6) is -0.301. The number of carbonyl (C=O) groups excluding carboxylic acids is 2. The number of nitrogens with zero attached hydrogens (tertiary/aromatic N) is 2. The van der Waals surface area contributed by atoms with Gasteiger partial charge in [0.1, 0.15) is 0 Å². The van der Waals surface area contributed by atoms with Gasteiger partial charge >= 0.3 is 0 Å². The van der Waals surface area contributed by atoms with E-state index >= 15 is 0 Å². The second-order valence-corrected chi connectivity index (χ2v) is 5.74. The molecule has 0 unspecified atom stereocenters. The quantitative estimate of drug-likeness (QED) is 0.914. The van der Waals surface area contributed by atoms with Crippen LogP contribution in [0.1, 0.15) is 10.4 Å². The number of halogens is 2. The van der Waals surface area contributed by atoms with Crippen LogP contribution in [0.3, 0.4) is 0 Å². The Balaban J connectivity index is 1.98. The predicted molar refractivity (Wildman–Crippen MR) is 82.9 cm³/mol. The van der Waals surface area contributed by atoms with E-state index in [0.29, 0.717) is 28.7 Å². The molecule has 1 aliphatic rings. The molecule has 21 heavy (non-hydrogen) atoms. The Bertz CT molecular complexity index is 545. The first kappa shape index (κ1) is 16.1. The van der Waals surface area contributed by atoms with Gasteiger partial charge in [-0.2, -0.15) is 0 Å². The Morgan fingerprint density at radius 1 is 1.24 bits per heavy atom. The molecule has 0 atom stereocenters. The highest BCUT2D eigenvalue weighted by Crippen LogP contribution is 2.23. The second-order valence-electron chi connectivity index (χ2n) is 4.92. The van der Waals surface area contributed by atoms with E-state index in [1.54, 1.807) is 24.1 Å². The molecule has 1 aliphatic heterocycles. The molecule has 7 heteroatoms. The van der Waals surface area contributed by atoms with Crippen molar-refractivity contribution in [3.05, 3.63) is 33.8 Å². The summed E-state index contributed by atoms with van der Waals surface area (Å²) in [6, 6.07) is 4.68. The Morgan fingerprint density at radius 3 is 2.52 bits per heavy atom. The number of hydrogen-bond acceptors (Lipinski definition) is 3. The monoisotopic (exact) mass is 329 g/mol. The van der Waals surface area contributed by atoms with Crippen molar-refractivity contribution < 1.29 is 9.59 Å². The Kier molecular flexibility index (Phi) is 5.45. The van der Waals surface area contributed by atoms with Gasteiger partial charge in [-0.25, -0.2) is 0 Å². The van der Waals surface area contributed by atoms with Gasteiger partial charge in [0.2, 0.25) is 5.91 Å². The van der Waals surface area contributed by atoms with Gasteiger partial charge in [-0.3, -0.25) is 9.59 Å². The Labute approximate surface area is 133 Å². The predicted octanol–water partition coefficient (Wildman–Crippen LogP) is 1.50. The molecule has 0 spiro atoms. The standard InChI is InChI=1S/C14H17Cl2N3O2/c1-18(9-13(20)19-6-4-17-5-7-19)14(21)10-2-3-11(15)12(16)8-10/h2-3,8,17H,4-7,9H2,1H3. The zero-order chi connectivity index (χ0) is 15.4. The normalized spacial score (nSPS) is 14.9. The fraction of sp³-hybridized carbons (Fsp3) is 0.429. The molecule has 0 aliphatic carbocycles. The number of likely N-dealkylation sites (N-methyl/N-ethyl adjacent to an activating group) is 1. The summed E-state index contributed by atoms with van der Waals surface area (Å²) >= 11 is 11.7. The van der Waals surface area contributed by atoms with Crippen LogP contribution >= 0.6 is 23.2 Å². The van der Waals surface area contributed by atoms with E-state index in [1.807, 2.05) is 0 Å². The maximum atomic E-state index is 12.3. The van der Waals surface area contributed by atoms with E-state index in [-0.39, 0.29) is 18.4 Å². The highest BCUT2D eigenvalue weighted by atomic mass is 35.5. The average Bonchev–Trinajstić information content (AvgIpc) is 2.50. The van der Waals surface area contributed by atoms with Crippen LogP contribution in [0.15, 0.2) is 18.2 Å². The van der Waals surface area contributed by atoms with E-state index in [1.165, 1.54) is 11.0 Å². The first-order chi connectivity index (χ1) is 9.99. The summed E-state index contributed by atoms with van der Waals surface area (Å²) in [5, 5.41) is 3.90. The number of amides is 2. The molecular weight excluding hydrogens is 313 g/mol. The van der Waals surface area contributed by atoms with Crippen LogP contribution in [0.5, 0.6) is 0 Å². The number of nitrogens with one attached hydrogen (secondary N) is 1. The summed E-state index contributed by atoms with van der Waals surface area (Å²) in [6.45, 7) is 2.98. The number of piperazine rings is 1. The van der Waals surface area contributed by atoms with Gasteiger partial charge in [0.15, 0.2) is 0 Å². The number of carbonyl (C=O) groups is 2. The fourth-order valence-corrected chi connectivity index (χ4v) is 2.44. The van der Waals surface area contributed by atoms with Crippen molar-refractivity contribution in [1.82, 2.24) is 15.1 Å². The summed E-state index contributed by atoms with van der Waals surface area (Å²) in [4.78, 5) is 27.5. The lowest BCUT2D eigenvalue weighted by atomic mass is 10.2. The number of benzene rings is 1. The third-order valence-electron chi connectivity index (χ3n) is 3.36. The molecular formula is C14H17Cl2N3O2. The molecule has 1 saturated heterocycles. The highest BCUT2D eigenvalue weighted by Gasteiger charge is 2.21. The summed E-state index contributed by atoms with van der Waals surface area (Å²) in [6.07, 6.45) is 0. The first-order valence-electron chi connectivity index (χ1n) is 6.68. The van der Waals surface area contributed by atoms with Gasteiger partial charge in [-0.05, 0) is 18.2 Å². The van der Waals surface area contributed by atoms with Crippen molar-refractivity contribution in [3.63, 3.8) is 0 Å². The van der Waals surface area contributed by atoms with E-state index in [9.17, 15) is 9.59 Å². The minimum absolute atomic E-state index is 0.0487. The van der Waals surface area contributed by atoms with Crippen molar-refractivity contribution in [1.29, 1.82) is 0 Å². The second kappa shape index (κ2) is 7.11. The molecule has 1 fully saturated rings. The molecule has 2 rings (SSSR count). The summed E-state index contributed by atoms with van der Waals surface area (Å²) < 4.78 is 0. The van der Waals surface area contributed by atoms with Crippen molar-refractivity contribution >= 4 is 35.0 Å². The van der Waals surface area contributed by atoms with Crippen molar-refractivity contribution in [2.45, 2.75) is 0 Å². The lowest BCUT2D eigenvalue weighted by Crippen LogP contribution is -2.49. The Morgan fingerprint density at radius 2 is 1.90 bits per heavy atom. The van der Waals surface area contributed by atoms with Gasteiger partial charge in [-0.1, -0.05) is 23.2 Å². The van der Waals surface area contributed by atoms with Crippen molar-refractivity contribution in [2.24, 2.45) is 0 Å². The zero-order valence-electron chi connectivity index (χ0n) is 11.7. The molecule has 114 valence electrons. The third-order valence-corrected chi connectivity index (χ3v) is 4.09.